The van der Waals surface area contributed by atoms with Crippen LogP contribution in [0.3, 0.4) is 0 Å². The second kappa shape index (κ2) is 8.15. The average Bonchev–Trinajstić information content (AvgIpc) is 2.96. The minimum absolute atomic E-state index is 0.151. The van der Waals surface area contributed by atoms with Crippen LogP contribution < -0.4 is 10.2 Å². The molecule has 0 aliphatic carbocycles. The summed E-state index contributed by atoms with van der Waals surface area (Å²) in [5.74, 6) is -2.61. The number of hydrogen-bond donors (Lipinski definition) is 1. The zero-order valence-corrected chi connectivity index (χ0v) is 16.1. The Morgan fingerprint density at radius 1 is 0.897 bits per heavy atom. The van der Waals surface area contributed by atoms with Crippen molar-refractivity contribution in [3.05, 3.63) is 70.4 Å². The van der Waals surface area contributed by atoms with E-state index in [9.17, 15) is 19.2 Å². The number of rotatable bonds is 5. The third kappa shape index (κ3) is 3.83. The fourth-order valence-electron chi connectivity index (χ4n) is 2.72. The predicted molar refractivity (Wildman–Crippen MR) is 105 cm³/mol. The van der Waals surface area contributed by atoms with E-state index in [1.807, 2.05) is 0 Å². The first kappa shape index (κ1) is 20.1. The zero-order chi connectivity index (χ0) is 21.1. The van der Waals surface area contributed by atoms with Crippen LogP contribution in [0.2, 0.25) is 0 Å². The van der Waals surface area contributed by atoms with Gasteiger partial charge >= 0.3 is 11.9 Å². The number of halogens is 1. The lowest BCUT2D eigenvalue weighted by molar-refractivity contribution is -0.120. The highest BCUT2D eigenvalue weighted by Gasteiger charge is 2.39. The summed E-state index contributed by atoms with van der Waals surface area (Å²) in [5, 5.41) is 2.46. The number of esters is 2. The van der Waals surface area contributed by atoms with E-state index in [1.165, 1.54) is 44.6 Å². The molecule has 1 aliphatic rings. The largest absolute Gasteiger partial charge is 0.465 e. The highest BCUT2D eigenvalue weighted by Crippen LogP contribution is 2.30. The maximum Gasteiger partial charge on any atom is 0.337 e. The van der Waals surface area contributed by atoms with E-state index in [0.29, 0.717) is 5.69 Å². The fourth-order valence-corrected chi connectivity index (χ4v) is 2.93. The molecule has 1 heterocycles. The van der Waals surface area contributed by atoms with Crippen LogP contribution in [0.1, 0.15) is 20.7 Å². The summed E-state index contributed by atoms with van der Waals surface area (Å²) in [6, 6.07) is 12.0. The topological polar surface area (TPSA) is 102 Å². The van der Waals surface area contributed by atoms with Crippen molar-refractivity contribution in [1.29, 1.82) is 0 Å². The van der Waals surface area contributed by atoms with Gasteiger partial charge in [-0.15, -0.1) is 0 Å². The summed E-state index contributed by atoms with van der Waals surface area (Å²) in [4.78, 5) is 49.7. The maximum atomic E-state index is 12.8. The Kier molecular flexibility index (Phi) is 5.65. The van der Waals surface area contributed by atoms with E-state index in [1.54, 1.807) is 18.2 Å². The van der Waals surface area contributed by atoms with Crippen LogP contribution in [-0.4, -0.2) is 38.0 Å². The molecule has 0 unspecified atom stereocenters. The second-order valence-electron chi connectivity index (χ2n) is 5.87. The minimum atomic E-state index is -0.745. The van der Waals surface area contributed by atoms with Gasteiger partial charge in [-0.25, -0.2) is 14.5 Å². The summed E-state index contributed by atoms with van der Waals surface area (Å²) < 4.78 is 9.32. The van der Waals surface area contributed by atoms with Crippen LogP contribution in [0.5, 0.6) is 0 Å². The van der Waals surface area contributed by atoms with Crippen molar-refractivity contribution in [3.63, 3.8) is 0 Å². The van der Waals surface area contributed by atoms with Crippen LogP contribution in [0.4, 0.5) is 11.4 Å². The van der Waals surface area contributed by atoms with Crippen molar-refractivity contribution in [3.8, 4) is 0 Å². The van der Waals surface area contributed by atoms with Crippen molar-refractivity contribution in [2.45, 2.75) is 0 Å². The molecule has 9 heteroatoms. The normalized spacial score (nSPS) is 13.6. The molecule has 8 nitrogen and oxygen atoms in total. The number of imide groups is 1. The first-order chi connectivity index (χ1) is 13.9. The molecular formula is C20H15ClN2O6. The van der Waals surface area contributed by atoms with Gasteiger partial charge in [0.15, 0.2) is 0 Å². The Bertz CT molecular complexity index is 1060. The van der Waals surface area contributed by atoms with Gasteiger partial charge in [0, 0.05) is 5.69 Å². The van der Waals surface area contributed by atoms with Crippen molar-refractivity contribution >= 4 is 46.7 Å². The van der Waals surface area contributed by atoms with Crippen LogP contribution in [0.15, 0.2) is 59.3 Å². The molecule has 148 valence electrons. The Hall–Kier alpha value is -3.65. The molecule has 0 saturated carbocycles. The van der Waals surface area contributed by atoms with E-state index in [2.05, 4.69) is 14.8 Å². The zero-order valence-electron chi connectivity index (χ0n) is 15.4. The molecule has 0 aromatic heterocycles. The van der Waals surface area contributed by atoms with E-state index < -0.39 is 23.8 Å². The molecule has 0 atom stereocenters. The standard InChI is InChI=1S/C20H15ClN2O6/c1-28-19(26)11-5-3-7-13(9-11)22-16-15(21)17(24)23(18(16)25)14-8-4-6-12(10-14)20(27)29-2/h3-10,22H,1-2H3. The lowest BCUT2D eigenvalue weighted by atomic mass is 10.2. The van der Waals surface area contributed by atoms with E-state index in [0.717, 1.165) is 4.90 Å². The lowest BCUT2D eigenvalue weighted by Crippen LogP contribution is -2.32. The summed E-state index contributed by atoms with van der Waals surface area (Å²) in [7, 11) is 2.48. The Morgan fingerprint density at radius 2 is 1.48 bits per heavy atom. The van der Waals surface area contributed by atoms with Gasteiger partial charge in [0.2, 0.25) is 0 Å². The second-order valence-corrected chi connectivity index (χ2v) is 6.25. The number of methoxy groups -OCH3 is 2. The third-order valence-electron chi connectivity index (χ3n) is 4.11. The van der Waals surface area contributed by atoms with Crippen LogP contribution in [0.25, 0.3) is 0 Å². The maximum absolute atomic E-state index is 12.8. The van der Waals surface area contributed by atoms with Gasteiger partial charge in [0.1, 0.15) is 10.7 Å². The third-order valence-corrected chi connectivity index (χ3v) is 4.46. The van der Waals surface area contributed by atoms with Gasteiger partial charge < -0.3 is 14.8 Å². The van der Waals surface area contributed by atoms with E-state index >= 15 is 0 Å². The molecule has 1 N–H and O–H groups in total. The molecular weight excluding hydrogens is 400 g/mol. The number of hydrogen-bond acceptors (Lipinski definition) is 7. The van der Waals surface area contributed by atoms with Crippen molar-refractivity contribution in [2.24, 2.45) is 0 Å². The molecule has 29 heavy (non-hydrogen) atoms. The molecule has 3 rings (SSSR count). The predicted octanol–water partition coefficient (Wildman–Crippen LogP) is 2.70. The number of nitrogens with one attached hydrogen (secondary N) is 1. The van der Waals surface area contributed by atoms with E-state index in [-0.39, 0.29) is 27.5 Å². The molecule has 0 saturated heterocycles. The van der Waals surface area contributed by atoms with Crippen molar-refractivity contribution < 1.29 is 28.7 Å². The summed E-state index contributed by atoms with van der Waals surface area (Å²) >= 11 is 6.10. The number of ether oxygens (including phenoxy) is 2. The molecule has 0 spiro atoms. The summed E-state index contributed by atoms with van der Waals surface area (Å²) in [6.07, 6.45) is 0. The van der Waals surface area contributed by atoms with Gasteiger partial charge in [-0.2, -0.15) is 0 Å². The average molecular weight is 415 g/mol. The van der Waals surface area contributed by atoms with E-state index in [4.69, 9.17) is 11.6 Å². The van der Waals surface area contributed by atoms with Gasteiger partial charge in [-0.05, 0) is 36.4 Å². The summed E-state index contributed by atoms with van der Waals surface area (Å²) in [6.45, 7) is 0. The quantitative estimate of drug-likeness (QED) is 0.592. The molecule has 2 aromatic rings. The SMILES string of the molecule is COC(=O)c1cccc(NC2=C(Cl)C(=O)N(c3cccc(C(=O)OC)c3)C2=O)c1. The molecule has 2 amide bonds. The molecule has 0 radical (unpaired) electrons. The van der Waals surface area contributed by atoms with Crippen molar-refractivity contribution in [2.75, 3.05) is 24.4 Å². The first-order valence-corrected chi connectivity index (χ1v) is 8.67. The van der Waals surface area contributed by atoms with Gasteiger partial charge in [-0.3, -0.25) is 9.59 Å². The molecule has 0 bridgehead atoms. The highest BCUT2D eigenvalue weighted by atomic mass is 35.5. The number of benzene rings is 2. The Balaban J connectivity index is 1.90. The number of nitrogens with zero attached hydrogens (tertiary/aromatic N) is 1. The Labute approximate surface area is 170 Å². The number of carbonyl (C=O) groups is 4. The smallest absolute Gasteiger partial charge is 0.337 e. The fraction of sp³-hybridized carbons (Fsp3) is 0.100. The van der Waals surface area contributed by atoms with Gasteiger partial charge in [0.05, 0.1) is 31.0 Å². The number of anilines is 2. The van der Waals surface area contributed by atoms with Crippen LogP contribution in [0, 0.1) is 0 Å². The monoisotopic (exact) mass is 414 g/mol. The molecule has 0 fully saturated rings. The van der Waals surface area contributed by atoms with Gasteiger partial charge in [-0.1, -0.05) is 23.7 Å². The molecule has 2 aromatic carbocycles. The van der Waals surface area contributed by atoms with Crippen molar-refractivity contribution in [1.82, 2.24) is 0 Å². The number of carbonyl (C=O) groups excluding carboxylic acids is 4. The minimum Gasteiger partial charge on any atom is -0.465 e. The van der Waals surface area contributed by atoms with Crippen LogP contribution in [-0.2, 0) is 19.1 Å². The first-order valence-electron chi connectivity index (χ1n) is 8.29. The number of amides is 2. The Morgan fingerprint density at radius 3 is 2.10 bits per heavy atom. The summed E-state index contributed by atoms with van der Waals surface area (Å²) in [5.41, 5.74) is 0.818. The van der Waals surface area contributed by atoms with Crippen LogP contribution >= 0.6 is 11.6 Å². The van der Waals surface area contributed by atoms with Gasteiger partial charge in [0.25, 0.3) is 11.8 Å². The highest BCUT2D eigenvalue weighted by molar-refractivity contribution is 6.53. The lowest BCUT2D eigenvalue weighted by Gasteiger charge is -2.16. The molecule has 1 aliphatic heterocycles.